The Labute approximate surface area is 178 Å². The molecule has 2 aromatic carbocycles. The van der Waals surface area contributed by atoms with E-state index in [2.05, 4.69) is 10.3 Å². The van der Waals surface area contributed by atoms with E-state index >= 15 is 0 Å². The summed E-state index contributed by atoms with van der Waals surface area (Å²) < 4.78 is 94.7. The Balaban J connectivity index is 2.01. The maximum atomic E-state index is 13.4. The highest BCUT2D eigenvalue weighted by Gasteiger charge is 2.33. The van der Waals surface area contributed by atoms with Crippen LogP contribution in [-0.4, -0.2) is 25.6 Å². The molecule has 6 nitrogen and oxygen atoms in total. The fourth-order valence-corrected chi connectivity index (χ4v) is 3.22. The summed E-state index contributed by atoms with van der Waals surface area (Å²) in [6, 6.07) is 7.52. The number of hydrogen-bond acceptors (Lipinski definition) is 5. The van der Waals surface area contributed by atoms with Crippen molar-refractivity contribution in [3.8, 4) is 11.6 Å². The zero-order valence-corrected chi connectivity index (χ0v) is 16.9. The minimum absolute atomic E-state index is 0.0295. The molecule has 0 unspecified atom stereocenters. The lowest BCUT2D eigenvalue weighted by molar-refractivity contribution is -0.137. The molecule has 1 amide bonds. The summed E-state index contributed by atoms with van der Waals surface area (Å²) in [5, 5.41) is 2.26. The molecule has 1 heterocycles. The number of hydrogen-bond donors (Lipinski definition) is 1. The average molecular weight is 472 g/mol. The Bertz CT molecular complexity index is 1270. The first-order valence-electron chi connectivity index (χ1n) is 8.65. The van der Waals surface area contributed by atoms with Gasteiger partial charge in [0.1, 0.15) is 22.9 Å². The molecule has 0 bridgehead atoms. The van der Waals surface area contributed by atoms with E-state index < -0.39 is 56.3 Å². The van der Waals surface area contributed by atoms with Crippen LogP contribution in [0.1, 0.15) is 15.9 Å². The number of rotatable bonds is 5. The number of nitrogens with one attached hydrogen (secondary N) is 1. The lowest BCUT2D eigenvalue weighted by atomic mass is 10.1. The highest BCUT2D eigenvalue weighted by Crippen LogP contribution is 2.33. The standard InChI is InChI=1S/C20H13F5N2O4S/c1-32(29,30)16-4-2-3-14(9-16)27-18(28)17-5-11(20(23,24)25)10-26-19(17)31-15-7-12(21)6-13(22)8-15/h2-10H,1H3,(H,27,28). The van der Waals surface area contributed by atoms with Crippen molar-refractivity contribution in [2.24, 2.45) is 0 Å². The number of carbonyl (C=O) groups excluding carboxylic acids is 1. The maximum Gasteiger partial charge on any atom is 0.417 e. The topological polar surface area (TPSA) is 85.4 Å². The lowest BCUT2D eigenvalue weighted by Crippen LogP contribution is -2.16. The van der Waals surface area contributed by atoms with Crippen LogP contribution >= 0.6 is 0 Å². The summed E-state index contributed by atoms with van der Waals surface area (Å²) in [7, 11) is -3.62. The van der Waals surface area contributed by atoms with E-state index in [4.69, 9.17) is 4.74 Å². The molecule has 0 aliphatic carbocycles. The molecular weight excluding hydrogens is 459 g/mol. The monoisotopic (exact) mass is 472 g/mol. The minimum Gasteiger partial charge on any atom is -0.438 e. The van der Waals surface area contributed by atoms with Crippen LogP contribution < -0.4 is 10.1 Å². The van der Waals surface area contributed by atoms with Gasteiger partial charge in [-0.2, -0.15) is 13.2 Å². The highest BCUT2D eigenvalue weighted by atomic mass is 32.2. The van der Waals surface area contributed by atoms with Gasteiger partial charge in [-0.25, -0.2) is 22.2 Å². The number of sulfone groups is 1. The van der Waals surface area contributed by atoms with Crippen LogP contribution in [-0.2, 0) is 16.0 Å². The van der Waals surface area contributed by atoms with Crippen molar-refractivity contribution in [2.75, 3.05) is 11.6 Å². The molecule has 0 spiro atoms. The first-order chi connectivity index (χ1) is 14.8. The molecule has 0 radical (unpaired) electrons. The van der Waals surface area contributed by atoms with Crippen molar-refractivity contribution in [2.45, 2.75) is 11.1 Å². The molecule has 0 saturated carbocycles. The number of nitrogens with zero attached hydrogens (tertiary/aromatic N) is 1. The average Bonchev–Trinajstić information content (AvgIpc) is 2.66. The molecule has 32 heavy (non-hydrogen) atoms. The third-order valence-electron chi connectivity index (χ3n) is 3.99. The highest BCUT2D eigenvalue weighted by molar-refractivity contribution is 7.90. The molecule has 0 fully saturated rings. The van der Waals surface area contributed by atoms with Gasteiger partial charge in [0.2, 0.25) is 5.88 Å². The van der Waals surface area contributed by atoms with Gasteiger partial charge >= 0.3 is 6.18 Å². The van der Waals surface area contributed by atoms with Crippen LogP contribution in [0.3, 0.4) is 0 Å². The number of carbonyl (C=O) groups is 1. The smallest absolute Gasteiger partial charge is 0.417 e. The van der Waals surface area contributed by atoms with Gasteiger partial charge in [-0.15, -0.1) is 0 Å². The number of aromatic nitrogens is 1. The van der Waals surface area contributed by atoms with Gasteiger partial charge in [0.15, 0.2) is 9.84 Å². The molecule has 1 aromatic heterocycles. The van der Waals surface area contributed by atoms with Gasteiger partial charge in [0, 0.05) is 36.3 Å². The van der Waals surface area contributed by atoms with E-state index in [-0.39, 0.29) is 10.6 Å². The minimum atomic E-state index is -4.85. The largest absolute Gasteiger partial charge is 0.438 e. The Morgan fingerprint density at radius 2 is 1.69 bits per heavy atom. The number of amides is 1. The van der Waals surface area contributed by atoms with Crippen molar-refractivity contribution in [3.63, 3.8) is 0 Å². The quantitative estimate of drug-likeness (QED) is 0.538. The molecule has 12 heteroatoms. The van der Waals surface area contributed by atoms with Gasteiger partial charge in [0.05, 0.1) is 10.5 Å². The Morgan fingerprint density at radius 3 is 2.28 bits per heavy atom. The predicted octanol–water partition coefficient (Wildman–Crippen LogP) is 4.83. The van der Waals surface area contributed by atoms with Crippen LogP contribution in [0.25, 0.3) is 0 Å². The summed E-state index contributed by atoms with van der Waals surface area (Å²) in [6.45, 7) is 0. The summed E-state index contributed by atoms with van der Waals surface area (Å²) >= 11 is 0. The van der Waals surface area contributed by atoms with Gasteiger partial charge in [-0.05, 0) is 24.3 Å². The normalized spacial score (nSPS) is 11.8. The van der Waals surface area contributed by atoms with Gasteiger partial charge < -0.3 is 10.1 Å². The molecule has 0 atom stereocenters. The van der Waals surface area contributed by atoms with E-state index in [0.717, 1.165) is 24.5 Å². The van der Waals surface area contributed by atoms with Crippen molar-refractivity contribution in [3.05, 3.63) is 77.5 Å². The van der Waals surface area contributed by atoms with Crippen molar-refractivity contribution in [1.29, 1.82) is 0 Å². The molecular formula is C20H13F5N2O4S. The number of halogens is 5. The fourth-order valence-electron chi connectivity index (χ4n) is 2.55. The zero-order valence-electron chi connectivity index (χ0n) is 16.1. The van der Waals surface area contributed by atoms with E-state index in [1.165, 1.54) is 18.2 Å². The molecule has 0 aliphatic rings. The van der Waals surface area contributed by atoms with Gasteiger partial charge in [-0.1, -0.05) is 6.07 Å². The summed E-state index contributed by atoms with van der Waals surface area (Å²) in [6.07, 6.45) is -3.51. The number of benzene rings is 2. The van der Waals surface area contributed by atoms with Crippen LogP contribution in [0.2, 0.25) is 0 Å². The zero-order chi connectivity index (χ0) is 23.7. The van der Waals surface area contributed by atoms with Crippen LogP contribution in [0.15, 0.2) is 59.6 Å². The van der Waals surface area contributed by atoms with Crippen molar-refractivity contribution in [1.82, 2.24) is 4.98 Å². The molecule has 3 rings (SSSR count). The van der Waals surface area contributed by atoms with Crippen molar-refractivity contribution < 1.29 is 39.9 Å². The van der Waals surface area contributed by atoms with Gasteiger partial charge in [0.25, 0.3) is 5.91 Å². The molecule has 1 N–H and O–H groups in total. The molecule has 0 aliphatic heterocycles. The second-order valence-electron chi connectivity index (χ2n) is 6.54. The summed E-state index contributed by atoms with van der Waals surface area (Å²) in [4.78, 5) is 16.0. The second kappa shape index (κ2) is 8.54. The van der Waals surface area contributed by atoms with Crippen molar-refractivity contribution >= 4 is 21.4 Å². The SMILES string of the molecule is CS(=O)(=O)c1cccc(NC(=O)c2cc(C(F)(F)F)cnc2Oc2cc(F)cc(F)c2)c1. The van der Waals surface area contributed by atoms with Crippen LogP contribution in [0.4, 0.5) is 27.6 Å². The Hall–Kier alpha value is -3.54. The third kappa shape index (κ3) is 5.58. The number of anilines is 1. The fraction of sp³-hybridized carbons (Fsp3) is 0.100. The number of ether oxygens (including phenoxy) is 1. The lowest BCUT2D eigenvalue weighted by Gasteiger charge is -2.14. The Kier molecular flexibility index (Phi) is 6.17. The number of pyridine rings is 1. The van der Waals surface area contributed by atoms with E-state index in [1.54, 1.807) is 0 Å². The first kappa shape index (κ1) is 23.1. The first-order valence-corrected chi connectivity index (χ1v) is 10.5. The summed E-state index contributed by atoms with van der Waals surface area (Å²) in [5.74, 6) is -4.25. The van der Waals surface area contributed by atoms with E-state index in [1.807, 2.05) is 0 Å². The number of alkyl halides is 3. The predicted molar refractivity (Wildman–Crippen MR) is 103 cm³/mol. The Morgan fingerprint density at radius 1 is 1.03 bits per heavy atom. The second-order valence-corrected chi connectivity index (χ2v) is 8.55. The summed E-state index contributed by atoms with van der Waals surface area (Å²) in [5.41, 5.74) is -2.00. The van der Waals surface area contributed by atoms with Crippen LogP contribution in [0, 0.1) is 11.6 Å². The van der Waals surface area contributed by atoms with Gasteiger partial charge in [-0.3, -0.25) is 4.79 Å². The van der Waals surface area contributed by atoms with E-state index in [9.17, 15) is 35.2 Å². The molecule has 168 valence electrons. The van der Waals surface area contributed by atoms with Crippen LogP contribution in [0.5, 0.6) is 11.6 Å². The molecule has 3 aromatic rings. The maximum absolute atomic E-state index is 13.4. The van der Waals surface area contributed by atoms with E-state index in [0.29, 0.717) is 18.3 Å². The third-order valence-corrected chi connectivity index (χ3v) is 5.10. The molecule has 0 saturated heterocycles.